The number of aromatic nitrogens is 1. The molecule has 3 fully saturated rings. The van der Waals surface area contributed by atoms with E-state index in [1.165, 1.54) is 37.8 Å². The summed E-state index contributed by atoms with van der Waals surface area (Å²) in [5.41, 5.74) is -0.0561. The summed E-state index contributed by atoms with van der Waals surface area (Å²) >= 11 is 0. The predicted molar refractivity (Wildman–Crippen MR) is 144 cm³/mol. The average Bonchev–Trinajstić information content (AvgIpc) is 3.85. The highest BCUT2D eigenvalue weighted by atomic mass is 19.1. The van der Waals surface area contributed by atoms with Crippen molar-refractivity contribution in [3.8, 4) is 23.0 Å². The van der Waals surface area contributed by atoms with Gasteiger partial charge in [0.15, 0.2) is 23.1 Å². The van der Waals surface area contributed by atoms with Crippen LogP contribution in [0.3, 0.4) is 0 Å². The molecule has 204 valence electrons. The van der Waals surface area contributed by atoms with Crippen molar-refractivity contribution in [1.82, 2.24) is 10.3 Å². The Morgan fingerprint density at radius 2 is 1.85 bits per heavy atom. The molecular formula is C30H32FN3O5. The number of carbonyl (C=O) groups excluding carboxylic acids is 2. The van der Waals surface area contributed by atoms with Gasteiger partial charge in [0.1, 0.15) is 24.1 Å². The summed E-state index contributed by atoms with van der Waals surface area (Å²) in [6.07, 6.45) is 10.5. The van der Waals surface area contributed by atoms with E-state index in [-0.39, 0.29) is 17.0 Å². The number of anilines is 1. The van der Waals surface area contributed by atoms with E-state index in [1.807, 2.05) is 6.07 Å². The van der Waals surface area contributed by atoms with Gasteiger partial charge in [-0.15, -0.1) is 0 Å². The zero-order valence-electron chi connectivity index (χ0n) is 21.9. The minimum atomic E-state index is -0.977. The highest BCUT2D eigenvalue weighted by Crippen LogP contribution is 2.45. The molecule has 39 heavy (non-hydrogen) atoms. The number of benzene rings is 2. The van der Waals surface area contributed by atoms with Crippen molar-refractivity contribution in [3.63, 3.8) is 0 Å². The molecule has 0 spiro atoms. The third kappa shape index (κ3) is 5.28. The van der Waals surface area contributed by atoms with Gasteiger partial charge in [-0.05, 0) is 62.8 Å². The fourth-order valence-electron chi connectivity index (χ4n) is 5.26. The van der Waals surface area contributed by atoms with Crippen LogP contribution < -0.4 is 24.8 Å². The highest BCUT2D eigenvalue weighted by Gasteiger charge is 2.50. The first-order valence-corrected chi connectivity index (χ1v) is 13.6. The maximum atomic E-state index is 14.9. The maximum Gasteiger partial charge on any atom is 0.237 e. The fourth-order valence-corrected chi connectivity index (χ4v) is 5.26. The summed E-state index contributed by atoms with van der Waals surface area (Å²) < 4.78 is 32.7. The van der Waals surface area contributed by atoms with Crippen molar-refractivity contribution in [3.05, 3.63) is 48.4 Å². The van der Waals surface area contributed by atoms with E-state index in [4.69, 9.17) is 14.2 Å². The topological polar surface area (TPSA) is 98.8 Å². The molecule has 3 aromatic rings. The largest absolute Gasteiger partial charge is 0.493 e. The van der Waals surface area contributed by atoms with E-state index < -0.39 is 17.1 Å². The molecule has 2 N–H and O–H groups in total. The van der Waals surface area contributed by atoms with Crippen molar-refractivity contribution in [2.75, 3.05) is 19.0 Å². The first-order chi connectivity index (χ1) is 18.9. The third-order valence-electron chi connectivity index (χ3n) is 8.09. The fraction of sp³-hybridized carbons (Fsp3) is 0.433. The van der Waals surface area contributed by atoms with Gasteiger partial charge in [-0.1, -0.05) is 12.8 Å². The number of ether oxygens (including phenoxy) is 3. The first-order valence-electron chi connectivity index (χ1n) is 13.6. The molecule has 0 aliphatic heterocycles. The third-order valence-corrected chi connectivity index (χ3v) is 8.09. The number of fused-ring (bicyclic) bond motifs is 1. The first kappa shape index (κ1) is 25.6. The SMILES string of the molecule is COc1cc2c(Oc3ccc(NC(=O)C4(C=O)CC4)cc3F)ccnc2cc1OCC1(NC2CCCC2)CC1. The normalized spacial score (nSPS) is 18.9. The number of nitrogens with zero attached hydrogens (tertiary/aromatic N) is 1. The van der Waals surface area contributed by atoms with Crippen LogP contribution in [0, 0.1) is 11.2 Å². The number of nitrogens with one attached hydrogen (secondary N) is 2. The molecule has 1 heterocycles. The maximum absolute atomic E-state index is 14.9. The molecule has 0 radical (unpaired) electrons. The summed E-state index contributed by atoms with van der Waals surface area (Å²) in [4.78, 5) is 28.0. The Hall–Kier alpha value is -3.72. The summed E-state index contributed by atoms with van der Waals surface area (Å²) in [5.74, 6) is 0.469. The molecule has 3 aliphatic carbocycles. The molecule has 0 atom stereocenters. The van der Waals surface area contributed by atoms with Crippen LogP contribution in [-0.2, 0) is 9.59 Å². The Kier molecular flexibility index (Phi) is 6.62. The van der Waals surface area contributed by atoms with Crippen LogP contribution in [0.5, 0.6) is 23.0 Å². The number of hydrogen-bond donors (Lipinski definition) is 2. The molecule has 3 saturated carbocycles. The molecule has 2 aromatic carbocycles. The van der Waals surface area contributed by atoms with E-state index in [2.05, 4.69) is 15.6 Å². The minimum Gasteiger partial charge on any atom is -0.493 e. The lowest BCUT2D eigenvalue weighted by Crippen LogP contribution is -2.42. The summed E-state index contributed by atoms with van der Waals surface area (Å²) in [5, 5.41) is 7.06. The summed E-state index contributed by atoms with van der Waals surface area (Å²) in [6.45, 7) is 0.559. The molecule has 1 aromatic heterocycles. The molecular weight excluding hydrogens is 501 g/mol. The molecule has 0 unspecified atom stereocenters. The van der Waals surface area contributed by atoms with Crippen molar-refractivity contribution in [1.29, 1.82) is 0 Å². The Morgan fingerprint density at radius 1 is 1.05 bits per heavy atom. The van der Waals surface area contributed by atoms with Gasteiger partial charge >= 0.3 is 0 Å². The van der Waals surface area contributed by atoms with Crippen LogP contribution >= 0.6 is 0 Å². The number of rotatable bonds is 11. The number of halogens is 1. The van der Waals surface area contributed by atoms with E-state index in [0.29, 0.717) is 59.9 Å². The highest BCUT2D eigenvalue weighted by molar-refractivity contribution is 6.07. The lowest BCUT2D eigenvalue weighted by atomic mass is 10.1. The van der Waals surface area contributed by atoms with Crippen LogP contribution in [0.4, 0.5) is 10.1 Å². The quantitative estimate of drug-likeness (QED) is 0.247. The average molecular weight is 534 g/mol. The number of aldehydes is 1. The summed E-state index contributed by atoms with van der Waals surface area (Å²) in [7, 11) is 1.58. The Morgan fingerprint density at radius 3 is 2.51 bits per heavy atom. The Labute approximate surface area is 226 Å². The number of carbonyl (C=O) groups is 2. The Bertz CT molecular complexity index is 1410. The van der Waals surface area contributed by atoms with Crippen molar-refractivity contribution in [2.45, 2.75) is 62.9 Å². The number of pyridine rings is 1. The lowest BCUT2D eigenvalue weighted by Gasteiger charge is -2.23. The van der Waals surface area contributed by atoms with Gasteiger partial charge in [-0.3, -0.25) is 9.78 Å². The monoisotopic (exact) mass is 533 g/mol. The molecule has 8 nitrogen and oxygen atoms in total. The second-order valence-electron chi connectivity index (χ2n) is 11.0. The molecule has 9 heteroatoms. The smallest absolute Gasteiger partial charge is 0.237 e. The van der Waals surface area contributed by atoms with E-state index >= 15 is 0 Å². The van der Waals surface area contributed by atoms with E-state index in [0.717, 1.165) is 12.8 Å². The molecule has 6 rings (SSSR count). The predicted octanol–water partition coefficient (Wildman–Crippen LogP) is 5.54. The van der Waals surface area contributed by atoms with Crippen LogP contribution in [0.2, 0.25) is 0 Å². The standard InChI is InChI=1S/C30H32FN3O5/c1-37-26-15-21-23(16-27(26)38-18-30(11-12-30)34-19-4-2-3-5-19)32-13-8-24(21)39-25-7-6-20(14-22(25)31)33-28(36)29(17-35)9-10-29/h6-8,13-17,19,34H,2-5,9-12,18H2,1H3,(H,33,36). The molecule has 1 amide bonds. The second-order valence-corrected chi connectivity index (χ2v) is 11.0. The Balaban J connectivity index is 1.18. The van der Waals surface area contributed by atoms with Gasteiger partial charge < -0.3 is 29.6 Å². The zero-order valence-corrected chi connectivity index (χ0v) is 21.9. The van der Waals surface area contributed by atoms with Gasteiger partial charge in [0.05, 0.1) is 18.2 Å². The number of methoxy groups -OCH3 is 1. The second kappa shape index (κ2) is 10.1. The molecule has 3 aliphatic rings. The van der Waals surface area contributed by atoms with Crippen molar-refractivity contribution >= 4 is 28.8 Å². The van der Waals surface area contributed by atoms with Gasteiger partial charge in [0.2, 0.25) is 5.91 Å². The minimum absolute atomic E-state index is 0.00928. The van der Waals surface area contributed by atoms with Crippen LogP contribution in [0.15, 0.2) is 42.6 Å². The van der Waals surface area contributed by atoms with Crippen LogP contribution in [-0.4, -0.2) is 42.5 Å². The van der Waals surface area contributed by atoms with E-state index in [1.54, 1.807) is 31.5 Å². The van der Waals surface area contributed by atoms with Gasteiger partial charge in [-0.25, -0.2) is 4.39 Å². The molecule has 0 bridgehead atoms. The van der Waals surface area contributed by atoms with Crippen LogP contribution in [0.1, 0.15) is 51.4 Å². The van der Waals surface area contributed by atoms with Crippen LogP contribution in [0.25, 0.3) is 10.9 Å². The van der Waals surface area contributed by atoms with Gasteiger partial charge in [0, 0.05) is 35.4 Å². The van der Waals surface area contributed by atoms with Gasteiger partial charge in [-0.2, -0.15) is 0 Å². The lowest BCUT2D eigenvalue weighted by molar-refractivity contribution is -0.126. The van der Waals surface area contributed by atoms with Crippen molar-refractivity contribution < 1.29 is 28.2 Å². The number of amides is 1. The van der Waals surface area contributed by atoms with Gasteiger partial charge in [0.25, 0.3) is 0 Å². The van der Waals surface area contributed by atoms with Crippen molar-refractivity contribution in [2.24, 2.45) is 5.41 Å². The zero-order chi connectivity index (χ0) is 27.0. The summed E-state index contributed by atoms with van der Waals surface area (Å²) in [6, 6.07) is 10.0. The number of hydrogen-bond acceptors (Lipinski definition) is 7. The molecule has 0 saturated heterocycles. The van der Waals surface area contributed by atoms with E-state index in [9.17, 15) is 14.0 Å².